The predicted octanol–water partition coefficient (Wildman–Crippen LogP) is 2.45. The van der Waals surface area contributed by atoms with Crippen molar-refractivity contribution in [1.82, 2.24) is 9.88 Å². The van der Waals surface area contributed by atoms with Crippen LogP contribution in [0.5, 0.6) is 0 Å². The molecule has 0 radical (unpaired) electrons. The van der Waals surface area contributed by atoms with E-state index in [1.54, 1.807) is 0 Å². The highest BCUT2D eigenvalue weighted by molar-refractivity contribution is 7.80. The monoisotopic (exact) mass is 260 g/mol. The lowest BCUT2D eigenvalue weighted by Gasteiger charge is -2.15. The van der Waals surface area contributed by atoms with Gasteiger partial charge < -0.3 is 9.88 Å². The molecule has 1 saturated heterocycles. The van der Waals surface area contributed by atoms with Gasteiger partial charge in [0.05, 0.1) is 0 Å². The number of para-hydroxylation sites is 1. The molecule has 3 rings (SSSR count). The SMILES string of the molecule is O=C1CC(CS)CN1Cc1c[nH]c2ccccc12. The van der Waals surface area contributed by atoms with Gasteiger partial charge in [0.15, 0.2) is 0 Å². The van der Waals surface area contributed by atoms with Gasteiger partial charge in [-0.3, -0.25) is 4.79 Å². The molecule has 1 N–H and O–H groups in total. The van der Waals surface area contributed by atoms with Crippen LogP contribution in [0.15, 0.2) is 30.5 Å². The van der Waals surface area contributed by atoms with E-state index in [0.717, 1.165) is 17.8 Å². The van der Waals surface area contributed by atoms with Crippen LogP contribution in [-0.2, 0) is 11.3 Å². The number of fused-ring (bicyclic) bond motifs is 1. The van der Waals surface area contributed by atoms with E-state index in [0.29, 0.717) is 18.9 Å². The van der Waals surface area contributed by atoms with Crippen LogP contribution in [0.1, 0.15) is 12.0 Å². The summed E-state index contributed by atoms with van der Waals surface area (Å²) in [6, 6.07) is 8.20. The molecular formula is C14H16N2OS. The number of carbonyl (C=O) groups excluding carboxylic acids is 1. The van der Waals surface area contributed by atoms with Gasteiger partial charge in [-0.1, -0.05) is 18.2 Å². The highest BCUT2D eigenvalue weighted by atomic mass is 32.1. The van der Waals surface area contributed by atoms with Crippen LogP contribution < -0.4 is 0 Å². The number of amides is 1. The largest absolute Gasteiger partial charge is 0.361 e. The average Bonchev–Trinajstić information content (AvgIpc) is 2.95. The minimum Gasteiger partial charge on any atom is -0.361 e. The third kappa shape index (κ3) is 2.01. The Bertz CT molecular complexity index is 578. The second-order valence-electron chi connectivity index (χ2n) is 4.89. The number of likely N-dealkylation sites (tertiary alicyclic amines) is 1. The average molecular weight is 260 g/mol. The Morgan fingerprint density at radius 3 is 3.00 bits per heavy atom. The van der Waals surface area contributed by atoms with Crippen LogP contribution in [0, 0.1) is 5.92 Å². The van der Waals surface area contributed by atoms with E-state index < -0.39 is 0 Å². The molecule has 0 bridgehead atoms. The maximum Gasteiger partial charge on any atom is 0.223 e. The summed E-state index contributed by atoms with van der Waals surface area (Å²) in [5.74, 6) is 1.45. The van der Waals surface area contributed by atoms with Gasteiger partial charge in [-0.05, 0) is 23.3 Å². The Balaban J connectivity index is 1.83. The summed E-state index contributed by atoms with van der Waals surface area (Å²) in [5.41, 5.74) is 2.32. The summed E-state index contributed by atoms with van der Waals surface area (Å²) in [7, 11) is 0. The minimum absolute atomic E-state index is 0.249. The molecule has 1 aliphatic heterocycles. The molecule has 2 aromatic rings. The van der Waals surface area contributed by atoms with Gasteiger partial charge in [-0.15, -0.1) is 0 Å². The number of aromatic amines is 1. The first-order chi connectivity index (χ1) is 8.78. The third-order valence-electron chi connectivity index (χ3n) is 3.59. The second kappa shape index (κ2) is 4.69. The molecular weight excluding hydrogens is 244 g/mol. The van der Waals surface area contributed by atoms with Crippen molar-refractivity contribution < 1.29 is 4.79 Å². The highest BCUT2D eigenvalue weighted by Crippen LogP contribution is 2.24. The molecule has 1 atom stereocenters. The first-order valence-electron chi connectivity index (χ1n) is 6.21. The van der Waals surface area contributed by atoms with Gasteiger partial charge in [0.2, 0.25) is 5.91 Å². The lowest BCUT2D eigenvalue weighted by atomic mass is 10.1. The molecule has 1 aromatic carbocycles. The molecule has 2 heterocycles. The zero-order valence-corrected chi connectivity index (χ0v) is 11.0. The van der Waals surface area contributed by atoms with E-state index in [-0.39, 0.29) is 5.91 Å². The molecule has 0 spiro atoms. The molecule has 1 aromatic heterocycles. The standard InChI is InChI=1S/C14H16N2OS/c17-14-5-10(9-18)7-16(14)8-11-6-15-13-4-2-1-3-12(11)13/h1-4,6,10,15,18H,5,7-9H2. The first kappa shape index (κ1) is 11.7. The Morgan fingerprint density at radius 1 is 1.39 bits per heavy atom. The van der Waals surface area contributed by atoms with Crippen LogP contribution in [0.3, 0.4) is 0 Å². The minimum atomic E-state index is 0.249. The van der Waals surface area contributed by atoms with Crippen LogP contribution in [-0.4, -0.2) is 28.1 Å². The molecule has 0 aliphatic carbocycles. The van der Waals surface area contributed by atoms with Gasteiger partial charge in [0, 0.05) is 36.6 Å². The first-order valence-corrected chi connectivity index (χ1v) is 6.85. The van der Waals surface area contributed by atoms with Crippen molar-refractivity contribution in [2.24, 2.45) is 5.92 Å². The summed E-state index contributed by atoms with van der Waals surface area (Å²) in [6.45, 7) is 1.54. The molecule has 0 saturated carbocycles. The smallest absolute Gasteiger partial charge is 0.223 e. The molecule has 4 heteroatoms. The van der Waals surface area contributed by atoms with E-state index in [9.17, 15) is 4.79 Å². The fourth-order valence-electron chi connectivity index (χ4n) is 2.60. The molecule has 3 nitrogen and oxygen atoms in total. The summed E-state index contributed by atoms with van der Waals surface area (Å²) in [6.07, 6.45) is 2.65. The van der Waals surface area contributed by atoms with Crippen LogP contribution in [0.25, 0.3) is 10.9 Å². The molecule has 18 heavy (non-hydrogen) atoms. The molecule has 94 valence electrons. The molecule has 1 amide bonds. The number of carbonyl (C=O) groups is 1. The Labute approximate surface area is 112 Å². The van der Waals surface area contributed by atoms with Gasteiger partial charge >= 0.3 is 0 Å². The van der Waals surface area contributed by atoms with E-state index in [1.165, 1.54) is 10.9 Å². The second-order valence-corrected chi connectivity index (χ2v) is 5.25. The topological polar surface area (TPSA) is 36.1 Å². The van der Waals surface area contributed by atoms with Crippen LogP contribution >= 0.6 is 12.6 Å². The van der Waals surface area contributed by atoms with Gasteiger partial charge in [-0.2, -0.15) is 12.6 Å². The fraction of sp³-hybridized carbons (Fsp3) is 0.357. The lowest BCUT2D eigenvalue weighted by molar-refractivity contribution is -0.128. The summed E-state index contributed by atoms with van der Waals surface area (Å²) in [5, 5.41) is 1.21. The van der Waals surface area contributed by atoms with Gasteiger partial charge in [0.25, 0.3) is 0 Å². The maximum absolute atomic E-state index is 11.9. The number of thiol groups is 1. The fourth-order valence-corrected chi connectivity index (χ4v) is 2.84. The van der Waals surface area contributed by atoms with E-state index in [1.807, 2.05) is 23.2 Å². The number of rotatable bonds is 3. The van der Waals surface area contributed by atoms with E-state index in [2.05, 4.69) is 29.7 Å². The normalized spacial score (nSPS) is 19.9. The Morgan fingerprint density at radius 2 is 2.22 bits per heavy atom. The summed E-state index contributed by atoms with van der Waals surface area (Å²) >= 11 is 4.28. The third-order valence-corrected chi connectivity index (χ3v) is 4.11. The molecule has 1 fully saturated rings. The van der Waals surface area contributed by atoms with Crippen molar-refractivity contribution in [3.63, 3.8) is 0 Å². The summed E-state index contributed by atoms with van der Waals surface area (Å²) < 4.78 is 0. The quantitative estimate of drug-likeness (QED) is 0.817. The van der Waals surface area contributed by atoms with Crippen molar-refractivity contribution in [2.45, 2.75) is 13.0 Å². The molecule has 1 unspecified atom stereocenters. The van der Waals surface area contributed by atoms with E-state index >= 15 is 0 Å². The van der Waals surface area contributed by atoms with Gasteiger partial charge in [-0.25, -0.2) is 0 Å². The number of nitrogens with zero attached hydrogens (tertiary/aromatic N) is 1. The van der Waals surface area contributed by atoms with Crippen molar-refractivity contribution in [3.8, 4) is 0 Å². The number of benzene rings is 1. The van der Waals surface area contributed by atoms with Crippen LogP contribution in [0.2, 0.25) is 0 Å². The van der Waals surface area contributed by atoms with E-state index in [4.69, 9.17) is 0 Å². The number of hydrogen-bond acceptors (Lipinski definition) is 2. The number of H-pyrrole nitrogens is 1. The lowest BCUT2D eigenvalue weighted by Crippen LogP contribution is -2.24. The summed E-state index contributed by atoms with van der Waals surface area (Å²) in [4.78, 5) is 17.1. The maximum atomic E-state index is 11.9. The zero-order valence-electron chi connectivity index (χ0n) is 10.1. The zero-order chi connectivity index (χ0) is 12.5. The van der Waals surface area contributed by atoms with Crippen LogP contribution in [0.4, 0.5) is 0 Å². The Hall–Kier alpha value is -1.42. The predicted molar refractivity (Wildman–Crippen MR) is 75.7 cm³/mol. The number of hydrogen-bond donors (Lipinski definition) is 2. The van der Waals surface area contributed by atoms with Crippen molar-refractivity contribution in [1.29, 1.82) is 0 Å². The van der Waals surface area contributed by atoms with Crippen molar-refractivity contribution in [2.75, 3.05) is 12.3 Å². The highest BCUT2D eigenvalue weighted by Gasteiger charge is 2.28. The number of aromatic nitrogens is 1. The number of nitrogens with one attached hydrogen (secondary N) is 1. The van der Waals surface area contributed by atoms with Crippen molar-refractivity contribution >= 4 is 29.4 Å². The van der Waals surface area contributed by atoms with Gasteiger partial charge in [0.1, 0.15) is 0 Å². The molecule has 1 aliphatic rings. The Kier molecular flexibility index (Phi) is 3.04. The van der Waals surface area contributed by atoms with Crippen molar-refractivity contribution in [3.05, 3.63) is 36.0 Å².